The van der Waals surface area contributed by atoms with Gasteiger partial charge in [0.2, 0.25) is 0 Å². The van der Waals surface area contributed by atoms with Gasteiger partial charge in [0.15, 0.2) is 0 Å². The zero-order valence-electron chi connectivity index (χ0n) is 27.4. The third-order valence-corrected chi connectivity index (χ3v) is 19.4. The van der Waals surface area contributed by atoms with Crippen molar-refractivity contribution in [3.05, 3.63) is 0 Å². The van der Waals surface area contributed by atoms with Gasteiger partial charge in [0.25, 0.3) is 0 Å². The Balaban J connectivity index is 2.17. The Bertz CT molecular complexity index is 498. The van der Waals surface area contributed by atoms with Crippen molar-refractivity contribution in [3.63, 3.8) is 0 Å². The second kappa shape index (κ2) is 19.9. The molecule has 38 heavy (non-hydrogen) atoms. The number of hydrogen-bond donors (Lipinski definition) is 0. The first kappa shape index (κ1) is 35.1. The average molecular weight is 567 g/mol. The van der Waals surface area contributed by atoms with Crippen molar-refractivity contribution in [1.29, 1.82) is 0 Å². The van der Waals surface area contributed by atoms with E-state index in [4.69, 9.17) is 0 Å². The van der Waals surface area contributed by atoms with Crippen molar-refractivity contribution in [2.75, 3.05) is 12.3 Å². The van der Waals surface area contributed by atoms with Crippen LogP contribution in [0, 0.1) is 0 Å². The standard InChI is InChI=1S/C36H72P2/c1-7-11-15-19-25-35(26-20-16-12-8-2)29-23-31-37(35)33(5)34(6)38-32-24-30-36(38,27-21-17-13-9-3)28-22-18-14-10-4/h33-34H,7-32H2,1-6H3. The molecule has 0 bridgehead atoms. The van der Waals surface area contributed by atoms with Crippen LogP contribution >= 0.6 is 15.8 Å². The van der Waals surface area contributed by atoms with Crippen LogP contribution in [0.1, 0.15) is 196 Å². The van der Waals surface area contributed by atoms with E-state index in [1.807, 2.05) is 0 Å². The summed E-state index contributed by atoms with van der Waals surface area (Å²) in [5.41, 5.74) is 2.03. The Morgan fingerprint density at radius 2 is 0.737 bits per heavy atom. The lowest BCUT2D eigenvalue weighted by molar-refractivity contribution is 0.424. The number of unbranched alkanes of at least 4 members (excludes halogenated alkanes) is 12. The molecule has 2 fully saturated rings. The quantitative estimate of drug-likeness (QED) is 0.0852. The molecule has 4 atom stereocenters. The van der Waals surface area contributed by atoms with Crippen molar-refractivity contribution < 1.29 is 0 Å². The summed E-state index contributed by atoms with van der Waals surface area (Å²) in [4.78, 5) is 0. The molecule has 4 unspecified atom stereocenters. The fourth-order valence-corrected chi connectivity index (χ4v) is 17.7. The van der Waals surface area contributed by atoms with Gasteiger partial charge in [-0.2, -0.15) is 0 Å². The van der Waals surface area contributed by atoms with Gasteiger partial charge in [-0.25, -0.2) is 0 Å². The molecule has 0 aromatic carbocycles. The SMILES string of the molecule is CCCCCCC1(CCCCCC)CCCP1C(C)C(C)P1CCCC1(CCCCCC)CCCCCC. The van der Waals surface area contributed by atoms with Crippen LogP contribution in [0.2, 0.25) is 0 Å². The van der Waals surface area contributed by atoms with E-state index in [1.54, 1.807) is 63.7 Å². The van der Waals surface area contributed by atoms with Crippen LogP contribution in [-0.2, 0) is 0 Å². The van der Waals surface area contributed by atoms with Gasteiger partial charge in [-0.3, -0.25) is 0 Å². The Kier molecular flexibility index (Phi) is 18.3. The molecule has 0 aliphatic carbocycles. The Morgan fingerprint density at radius 3 is 1.00 bits per heavy atom. The predicted molar refractivity (Wildman–Crippen MR) is 181 cm³/mol. The monoisotopic (exact) mass is 567 g/mol. The van der Waals surface area contributed by atoms with Crippen molar-refractivity contribution in [3.8, 4) is 0 Å². The van der Waals surface area contributed by atoms with Crippen LogP contribution in [0.25, 0.3) is 0 Å². The second-order valence-electron chi connectivity index (χ2n) is 13.8. The Hall–Kier alpha value is 0.860. The maximum atomic E-state index is 2.80. The second-order valence-corrected chi connectivity index (χ2v) is 20.1. The van der Waals surface area contributed by atoms with Crippen LogP contribution in [0.3, 0.4) is 0 Å². The molecule has 2 aliphatic rings. The molecule has 0 spiro atoms. The minimum atomic E-state index is 0.186. The molecule has 0 amide bonds. The molecule has 2 saturated heterocycles. The first-order valence-electron chi connectivity index (χ1n) is 18.0. The summed E-state index contributed by atoms with van der Waals surface area (Å²) in [5, 5.41) is 1.51. The van der Waals surface area contributed by atoms with Gasteiger partial charge in [0.05, 0.1) is 0 Å². The summed E-state index contributed by atoms with van der Waals surface area (Å²) in [5.74, 6) is 0. The molecular weight excluding hydrogens is 494 g/mol. The molecule has 2 aliphatic heterocycles. The summed E-state index contributed by atoms with van der Waals surface area (Å²) in [6.45, 7) is 15.1. The van der Waals surface area contributed by atoms with Crippen molar-refractivity contribution >= 4 is 15.8 Å². The molecule has 0 N–H and O–H groups in total. The maximum absolute atomic E-state index is 2.80. The molecule has 0 aromatic rings. The third-order valence-electron chi connectivity index (χ3n) is 11.0. The van der Waals surface area contributed by atoms with Gasteiger partial charge < -0.3 is 0 Å². The predicted octanol–water partition coefficient (Wildman–Crippen LogP) is 13.7. The minimum absolute atomic E-state index is 0.186. The highest BCUT2D eigenvalue weighted by molar-refractivity contribution is 7.64. The molecule has 2 rings (SSSR count). The van der Waals surface area contributed by atoms with Crippen molar-refractivity contribution in [2.45, 2.75) is 217 Å². The average Bonchev–Trinajstić information content (AvgIpc) is 3.54. The van der Waals surface area contributed by atoms with E-state index >= 15 is 0 Å². The molecule has 0 aromatic heterocycles. The topological polar surface area (TPSA) is 0 Å². The van der Waals surface area contributed by atoms with Crippen LogP contribution in [0.5, 0.6) is 0 Å². The van der Waals surface area contributed by atoms with E-state index in [-0.39, 0.29) is 15.8 Å². The lowest BCUT2D eigenvalue weighted by Crippen LogP contribution is -2.34. The van der Waals surface area contributed by atoms with Gasteiger partial charge >= 0.3 is 0 Å². The van der Waals surface area contributed by atoms with Crippen LogP contribution in [0.4, 0.5) is 0 Å². The molecule has 0 radical (unpaired) electrons. The van der Waals surface area contributed by atoms with Crippen molar-refractivity contribution in [2.24, 2.45) is 0 Å². The van der Waals surface area contributed by atoms with Gasteiger partial charge in [0.1, 0.15) is 0 Å². The highest BCUT2D eigenvalue weighted by atomic mass is 31.1. The summed E-state index contributed by atoms with van der Waals surface area (Å²) in [6, 6.07) is 0. The minimum Gasteiger partial charge on any atom is -0.0968 e. The van der Waals surface area contributed by atoms with E-state index in [0.717, 1.165) is 21.6 Å². The molecule has 0 nitrogen and oxygen atoms in total. The van der Waals surface area contributed by atoms with Crippen LogP contribution < -0.4 is 0 Å². The van der Waals surface area contributed by atoms with Gasteiger partial charge in [-0.05, 0) is 85.3 Å². The zero-order valence-corrected chi connectivity index (χ0v) is 29.2. The molecular formula is C36H72P2. The normalized spacial score (nSPS) is 24.2. The maximum Gasteiger partial charge on any atom is -0.00917 e. The fraction of sp³-hybridized carbons (Fsp3) is 1.00. The van der Waals surface area contributed by atoms with E-state index < -0.39 is 0 Å². The van der Waals surface area contributed by atoms with E-state index in [1.165, 1.54) is 103 Å². The summed E-state index contributed by atoms with van der Waals surface area (Å²) >= 11 is 0. The Labute approximate surface area is 244 Å². The largest absolute Gasteiger partial charge is 0.0968 e. The summed E-state index contributed by atoms with van der Waals surface area (Å²) < 4.78 is 0. The smallest absolute Gasteiger partial charge is 0.00917 e. The Morgan fingerprint density at radius 1 is 0.447 bits per heavy atom. The van der Waals surface area contributed by atoms with Crippen LogP contribution in [0.15, 0.2) is 0 Å². The highest BCUT2D eigenvalue weighted by Crippen LogP contribution is 2.72. The van der Waals surface area contributed by atoms with Gasteiger partial charge in [0, 0.05) is 0 Å². The highest BCUT2D eigenvalue weighted by Gasteiger charge is 2.50. The number of rotatable bonds is 23. The summed E-state index contributed by atoms with van der Waals surface area (Å²) in [7, 11) is 0.372. The van der Waals surface area contributed by atoms with Gasteiger partial charge in [-0.1, -0.05) is 160 Å². The lowest BCUT2D eigenvalue weighted by Gasteiger charge is -2.47. The summed E-state index contributed by atoms with van der Waals surface area (Å²) in [6.07, 6.45) is 39.3. The molecule has 2 heterocycles. The van der Waals surface area contributed by atoms with E-state index in [2.05, 4.69) is 41.5 Å². The van der Waals surface area contributed by atoms with Gasteiger partial charge in [-0.15, -0.1) is 0 Å². The first-order chi connectivity index (χ1) is 18.5. The first-order valence-corrected chi connectivity index (χ1v) is 21.2. The molecule has 0 saturated carbocycles. The van der Waals surface area contributed by atoms with E-state index in [0.29, 0.717) is 0 Å². The number of hydrogen-bond acceptors (Lipinski definition) is 0. The molecule has 2 heteroatoms. The molecule has 226 valence electrons. The van der Waals surface area contributed by atoms with Crippen molar-refractivity contribution in [1.82, 2.24) is 0 Å². The third kappa shape index (κ3) is 10.6. The van der Waals surface area contributed by atoms with Crippen LogP contribution in [-0.4, -0.2) is 34.0 Å². The fourth-order valence-electron chi connectivity index (χ4n) is 8.56. The van der Waals surface area contributed by atoms with E-state index in [9.17, 15) is 0 Å². The lowest BCUT2D eigenvalue weighted by atomic mass is 9.90. The zero-order chi connectivity index (χ0) is 27.7.